The molecule has 0 saturated carbocycles. The molecule has 1 aliphatic heterocycles. The van der Waals surface area contributed by atoms with E-state index in [-0.39, 0.29) is 18.1 Å². The Labute approximate surface area is 138 Å². The molecular formula is C17H16N2O5. The van der Waals surface area contributed by atoms with Gasteiger partial charge in [-0.1, -0.05) is 12.1 Å². The average molecular weight is 328 g/mol. The number of hydrogen-bond donors (Lipinski definition) is 3. The van der Waals surface area contributed by atoms with Crippen LogP contribution in [0.25, 0.3) is 0 Å². The van der Waals surface area contributed by atoms with Gasteiger partial charge in [0, 0.05) is 11.6 Å². The molecule has 0 bridgehead atoms. The summed E-state index contributed by atoms with van der Waals surface area (Å²) in [7, 11) is 0. The number of benzene rings is 2. The van der Waals surface area contributed by atoms with Crippen molar-refractivity contribution >= 4 is 12.1 Å². The van der Waals surface area contributed by atoms with Gasteiger partial charge in [0.1, 0.15) is 18.1 Å². The summed E-state index contributed by atoms with van der Waals surface area (Å²) in [5, 5.41) is 23.0. The lowest BCUT2D eigenvalue weighted by Gasteiger charge is -2.24. The molecule has 2 aromatic carbocycles. The first-order valence-corrected chi connectivity index (χ1v) is 7.28. The Morgan fingerprint density at radius 3 is 2.79 bits per heavy atom. The Balaban J connectivity index is 1.64. The number of phenols is 2. The van der Waals surface area contributed by atoms with Gasteiger partial charge >= 0.3 is 0 Å². The number of para-hydroxylation sites is 2. The largest absolute Gasteiger partial charge is 0.508 e. The van der Waals surface area contributed by atoms with Gasteiger partial charge in [-0.3, -0.25) is 4.79 Å². The van der Waals surface area contributed by atoms with Crippen LogP contribution in [0.2, 0.25) is 0 Å². The Hall–Kier alpha value is -3.22. The van der Waals surface area contributed by atoms with Gasteiger partial charge in [0.15, 0.2) is 11.5 Å². The number of nitrogens with zero attached hydrogens (tertiary/aromatic N) is 1. The van der Waals surface area contributed by atoms with Crippen molar-refractivity contribution in [3.05, 3.63) is 47.5 Å². The number of fused-ring (bicyclic) bond motifs is 1. The molecule has 0 fully saturated rings. The molecule has 7 nitrogen and oxygen atoms in total. The fourth-order valence-electron chi connectivity index (χ4n) is 2.31. The van der Waals surface area contributed by atoms with Gasteiger partial charge in [0.2, 0.25) is 6.10 Å². The van der Waals surface area contributed by atoms with Crippen LogP contribution in [-0.4, -0.2) is 35.0 Å². The minimum Gasteiger partial charge on any atom is -0.508 e. The van der Waals surface area contributed by atoms with Crippen molar-refractivity contribution in [3.63, 3.8) is 0 Å². The zero-order valence-corrected chi connectivity index (χ0v) is 12.9. The van der Waals surface area contributed by atoms with Crippen molar-refractivity contribution in [2.45, 2.75) is 13.0 Å². The number of ether oxygens (including phenoxy) is 2. The van der Waals surface area contributed by atoms with Crippen molar-refractivity contribution < 1.29 is 24.5 Å². The first kappa shape index (κ1) is 15.7. The zero-order valence-electron chi connectivity index (χ0n) is 12.9. The number of carbonyl (C=O) groups is 1. The molecule has 7 heteroatoms. The van der Waals surface area contributed by atoms with E-state index in [0.717, 1.165) is 0 Å². The first-order valence-electron chi connectivity index (χ1n) is 7.28. The van der Waals surface area contributed by atoms with Crippen LogP contribution in [0.1, 0.15) is 11.1 Å². The van der Waals surface area contributed by atoms with Gasteiger partial charge in [-0.05, 0) is 30.7 Å². The zero-order chi connectivity index (χ0) is 17.1. The van der Waals surface area contributed by atoms with Gasteiger partial charge in [-0.2, -0.15) is 5.10 Å². The van der Waals surface area contributed by atoms with E-state index in [1.54, 1.807) is 25.1 Å². The number of nitrogens with one attached hydrogen (secondary N) is 1. The highest BCUT2D eigenvalue weighted by molar-refractivity contribution is 5.88. The monoisotopic (exact) mass is 328 g/mol. The second-order valence-electron chi connectivity index (χ2n) is 5.29. The molecule has 1 atom stereocenters. The van der Waals surface area contributed by atoms with Crippen LogP contribution in [0.3, 0.4) is 0 Å². The number of hydrazone groups is 1. The van der Waals surface area contributed by atoms with Crippen LogP contribution in [0.4, 0.5) is 0 Å². The average Bonchev–Trinajstić information content (AvgIpc) is 2.56. The highest BCUT2D eigenvalue weighted by Crippen LogP contribution is 2.30. The van der Waals surface area contributed by atoms with Crippen LogP contribution in [0, 0.1) is 6.92 Å². The number of rotatable bonds is 3. The number of aryl methyl sites for hydroxylation is 1. The van der Waals surface area contributed by atoms with Gasteiger partial charge in [0.05, 0.1) is 6.21 Å². The summed E-state index contributed by atoms with van der Waals surface area (Å²) in [6.07, 6.45) is 0.492. The Morgan fingerprint density at radius 2 is 2.04 bits per heavy atom. The Bertz CT molecular complexity index is 780. The molecule has 0 aromatic heterocycles. The topological polar surface area (TPSA) is 100 Å². The molecule has 0 spiro atoms. The van der Waals surface area contributed by atoms with Crippen molar-refractivity contribution in [1.82, 2.24) is 5.43 Å². The fourth-order valence-corrected chi connectivity index (χ4v) is 2.31. The molecule has 2 aromatic rings. The second-order valence-corrected chi connectivity index (χ2v) is 5.29. The van der Waals surface area contributed by atoms with E-state index in [2.05, 4.69) is 10.5 Å². The third-order valence-electron chi connectivity index (χ3n) is 3.52. The number of aromatic hydroxyl groups is 2. The molecule has 0 radical (unpaired) electrons. The predicted molar refractivity (Wildman–Crippen MR) is 86.6 cm³/mol. The third-order valence-corrected chi connectivity index (χ3v) is 3.52. The molecule has 0 aliphatic carbocycles. The molecule has 24 heavy (non-hydrogen) atoms. The number of phenolic OH excluding ortho intramolecular Hbond substituents is 2. The second kappa shape index (κ2) is 6.49. The van der Waals surface area contributed by atoms with Gasteiger partial charge < -0.3 is 19.7 Å². The van der Waals surface area contributed by atoms with E-state index in [4.69, 9.17) is 9.47 Å². The molecule has 3 N–H and O–H groups in total. The summed E-state index contributed by atoms with van der Waals surface area (Å²) in [4.78, 5) is 12.1. The summed E-state index contributed by atoms with van der Waals surface area (Å²) in [6, 6.07) is 9.77. The summed E-state index contributed by atoms with van der Waals surface area (Å²) < 4.78 is 11.0. The minimum atomic E-state index is -0.813. The quantitative estimate of drug-likeness (QED) is 0.588. The van der Waals surface area contributed by atoms with E-state index in [1.807, 2.05) is 6.07 Å². The summed E-state index contributed by atoms with van der Waals surface area (Å²) in [5.74, 6) is 0.459. The molecule has 1 aliphatic rings. The van der Waals surface area contributed by atoms with Crippen LogP contribution in [0.15, 0.2) is 41.5 Å². The van der Waals surface area contributed by atoms with Crippen molar-refractivity contribution in [3.8, 4) is 23.0 Å². The smallest absolute Gasteiger partial charge is 0.284 e. The molecule has 1 amide bonds. The van der Waals surface area contributed by atoms with Crippen molar-refractivity contribution in [2.24, 2.45) is 5.10 Å². The number of hydrogen-bond acceptors (Lipinski definition) is 6. The van der Waals surface area contributed by atoms with Gasteiger partial charge in [-0.15, -0.1) is 0 Å². The van der Waals surface area contributed by atoms with Crippen molar-refractivity contribution in [2.75, 3.05) is 6.61 Å². The highest BCUT2D eigenvalue weighted by Gasteiger charge is 2.27. The molecule has 1 heterocycles. The standard InChI is InChI=1S/C17H16N2O5/c1-10-6-11(20)7-13(21)12(10)8-18-19-17(22)16-9-23-14-4-2-3-5-15(14)24-16/h2-8,16,20-21H,9H2,1H3,(H,19,22)/t16-/m0/s1. The van der Waals surface area contributed by atoms with Crippen molar-refractivity contribution in [1.29, 1.82) is 0 Å². The number of amides is 1. The SMILES string of the molecule is Cc1cc(O)cc(O)c1C=NNC(=O)[C@@H]1COc2ccccc2O1. The van der Waals surface area contributed by atoms with E-state index in [9.17, 15) is 15.0 Å². The van der Waals surface area contributed by atoms with E-state index < -0.39 is 12.0 Å². The van der Waals surface area contributed by atoms with Gasteiger partial charge in [0.25, 0.3) is 5.91 Å². The van der Waals surface area contributed by atoms with Gasteiger partial charge in [-0.25, -0.2) is 5.43 Å². The molecule has 124 valence electrons. The summed E-state index contributed by atoms with van der Waals surface area (Å²) in [5.41, 5.74) is 3.38. The predicted octanol–water partition coefficient (Wildman–Crippen LogP) is 1.70. The summed E-state index contributed by atoms with van der Waals surface area (Å²) >= 11 is 0. The normalized spacial score (nSPS) is 16.1. The fraction of sp³-hybridized carbons (Fsp3) is 0.176. The van der Waals surface area contributed by atoms with Crippen LogP contribution < -0.4 is 14.9 Å². The maximum atomic E-state index is 12.1. The van der Waals surface area contributed by atoms with E-state index in [1.165, 1.54) is 18.3 Å². The maximum absolute atomic E-state index is 12.1. The minimum absolute atomic E-state index is 0.0439. The van der Waals surface area contributed by atoms with Crippen LogP contribution in [0.5, 0.6) is 23.0 Å². The lowest BCUT2D eigenvalue weighted by Crippen LogP contribution is -2.42. The first-order chi connectivity index (χ1) is 11.5. The lowest BCUT2D eigenvalue weighted by atomic mass is 10.1. The van der Waals surface area contributed by atoms with E-state index in [0.29, 0.717) is 22.6 Å². The highest BCUT2D eigenvalue weighted by atomic mass is 16.6. The van der Waals surface area contributed by atoms with E-state index >= 15 is 0 Å². The summed E-state index contributed by atoms with van der Waals surface area (Å²) in [6.45, 7) is 1.79. The molecule has 0 saturated heterocycles. The third kappa shape index (κ3) is 3.24. The molecule has 3 rings (SSSR count). The number of carbonyl (C=O) groups excluding carboxylic acids is 1. The Morgan fingerprint density at radius 1 is 1.29 bits per heavy atom. The lowest BCUT2D eigenvalue weighted by molar-refractivity contribution is -0.130. The Kier molecular flexibility index (Phi) is 4.24. The molecular weight excluding hydrogens is 312 g/mol. The van der Waals surface area contributed by atoms with Crippen LogP contribution in [-0.2, 0) is 4.79 Å². The van der Waals surface area contributed by atoms with Crippen LogP contribution >= 0.6 is 0 Å². The maximum Gasteiger partial charge on any atom is 0.284 e. The molecule has 0 unspecified atom stereocenters.